The third-order valence-electron chi connectivity index (χ3n) is 3.50. The van der Waals surface area contributed by atoms with Crippen LogP contribution in [0.3, 0.4) is 0 Å². The van der Waals surface area contributed by atoms with Crippen molar-refractivity contribution in [1.29, 1.82) is 0 Å². The number of nitrogens with one attached hydrogen (secondary N) is 1. The molecule has 2 aromatic rings. The molecule has 2 atom stereocenters. The van der Waals surface area contributed by atoms with Gasteiger partial charge in [0.05, 0.1) is 18.0 Å². The van der Waals surface area contributed by atoms with Crippen LogP contribution in [0.4, 0.5) is 0 Å². The van der Waals surface area contributed by atoms with Crippen LogP contribution in [-0.4, -0.2) is 21.5 Å². The minimum atomic E-state index is 0.0291. The van der Waals surface area contributed by atoms with Crippen molar-refractivity contribution >= 4 is 17.3 Å². The highest BCUT2D eigenvalue weighted by Crippen LogP contribution is 2.38. The molecule has 104 valence electrons. The Morgan fingerprint density at radius 2 is 2.25 bits per heavy atom. The van der Waals surface area contributed by atoms with Crippen LogP contribution in [0.15, 0.2) is 47.2 Å². The fourth-order valence-electron chi connectivity index (χ4n) is 2.66. The van der Waals surface area contributed by atoms with E-state index in [1.54, 1.807) is 6.26 Å². The van der Waals surface area contributed by atoms with Gasteiger partial charge in [-0.1, -0.05) is 13.0 Å². The number of pyridine rings is 1. The van der Waals surface area contributed by atoms with Crippen LogP contribution >= 0.6 is 12.2 Å². The second kappa shape index (κ2) is 5.63. The lowest BCUT2D eigenvalue weighted by atomic mass is 10.0. The minimum absolute atomic E-state index is 0.0291. The molecule has 2 aromatic heterocycles. The zero-order valence-corrected chi connectivity index (χ0v) is 12.1. The van der Waals surface area contributed by atoms with Crippen LogP contribution in [-0.2, 0) is 0 Å². The molecule has 3 heterocycles. The fraction of sp³-hybridized carbons (Fsp3) is 0.333. The van der Waals surface area contributed by atoms with Gasteiger partial charge in [0.2, 0.25) is 0 Å². The molecule has 0 saturated carbocycles. The largest absolute Gasteiger partial charge is 0.467 e. The van der Waals surface area contributed by atoms with Crippen molar-refractivity contribution in [3.63, 3.8) is 0 Å². The summed E-state index contributed by atoms with van der Waals surface area (Å²) < 4.78 is 5.62. The molecule has 1 aliphatic rings. The highest BCUT2D eigenvalue weighted by Gasteiger charge is 2.40. The Morgan fingerprint density at radius 3 is 2.90 bits per heavy atom. The van der Waals surface area contributed by atoms with Crippen molar-refractivity contribution < 1.29 is 4.42 Å². The van der Waals surface area contributed by atoms with E-state index >= 15 is 0 Å². The summed E-state index contributed by atoms with van der Waals surface area (Å²) in [6, 6.07) is 9.94. The van der Waals surface area contributed by atoms with Gasteiger partial charge < -0.3 is 14.6 Å². The first-order valence-electron chi connectivity index (χ1n) is 6.82. The number of nitrogens with zero attached hydrogens (tertiary/aromatic N) is 2. The summed E-state index contributed by atoms with van der Waals surface area (Å²) in [4.78, 5) is 6.65. The van der Waals surface area contributed by atoms with E-state index in [0.717, 1.165) is 29.5 Å². The molecule has 0 spiro atoms. The maximum Gasteiger partial charge on any atom is 0.170 e. The van der Waals surface area contributed by atoms with Crippen molar-refractivity contribution in [2.24, 2.45) is 0 Å². The highest BCUT2D eigenvalue weighted by molar-refractivity contribution is 7.80. The summed E-state index contributed by atoms with van der Waals surface area (Å²) in [6.07, 6.45) is 4.55. The van der Waals surface area contributed by atoms with Gasteiger partial charge >= 0.3 is 0 Å². The summed E-state index contributed by atoms with van der Waals surface area (Å²) in [6.45, 7) is 3.05. The van der Waals surface area contributed by atoms with E-state index in [2.05, 4.69) is 22.1 Å². The summed E-state index contributed by atoms with van der Waals surface area (Å²) >= 11 is 5.48. The Balaban J connectivity index is 1.99. The maximum absolute atomic E-state index is 5.62. The number of thiocarbonyl (C=S) groups is 1. The van der Waals surface area contributed by atoms with E-state index in [1.807, 2.05) is 36.5 Å². The van der Waals surface area contributed by atoms with Crippen LogP contribution < -0.4 is 5.32 Å². The minimum Gasteiger partial charge on any atom is -0.467 e. The molecule has 5 heteroatoms. The quantitative estimate of drug-likeness (QED) is 0.875. The molecule has 4 nitrogen and oxygen atoms in total. The van der Waals surface area contributed by atoms with Gasteiger partial charge in [0.25, 0.3) is 0 Å². The predicted octanol–water partition coefficient (Wildman–Crippen LogP) is 3.06. The lowest BCUT2D eigenvalue weighted by molar-refractivity contribution is 0.273. The van der Waals surface area contributed by atoms with Crippen molar-refractivity contribution in [3.05, 3.63) is 54.2 Å². The molecule has 0 amide bonds. The van der Waals surface area contributed by atoms with Crippen molar-refractivity contribution in [2.45, 2.75) is 25.4 Å². The Morgan fingerprint density at radius 1 is 1.35 bits per heavy atom. The van der Waals surface area contributed by atoms with Gasteiger partial charge in [-0.2, -0.15) is 0 Å². The summed E-state index contributed by atoms with van der Waals surface area (Å²) in [7, 11) is 0. The smallest absolute Gasteiger partial charge is 0.170 e. The lowest BCUT2D eigenvalue weighted by Crippen LogP contribution is -2.30. The topological polar surface area (TPSA) is 41.3 Å². The molecule has 1 N–H and O–H groups in total. The molecule has 0 unspecified atom stereocenters. The van der Waals surface area contributed by atoms with Gasteiger partial charge in [-0.05, 0) is 42.9 Å². The van der Waals surface area contributed by atoms with Crippen molar-refractivity contribution in [1.82, 2.24) is 15.2 Å². The SMILES string of the molecule is CCCN1C(=S)N[C@H](c2ccccn2)[C@@H]1c1ccco1. The zero-order chi connectivity index (χ0) is 13.9. The lowest BCUT2D eigenvalue weighted by Gasteiger charge is -2.25. The van der Waals surface area contributed by atoms with Gasteiger partial charge in [0.1, 0.15) is 11.8 Å². The maximum atomic E-state index is 5.62. The third-order valence-corrected chi connectivity index (χ3v) is 3.85. The number of furan rings is 1. The molecule has 0 bridgehead atoms. The van der Waals surface area contributed by atoms with E-state index in [-0.39, 0.29) is 12.1 Å². The van der Waals surface area contributed by atoms with Crippen LogP contribution in [0, 0.1) is 0 Å². The molecule has 1 saturated heterocycles. The molecular formula is C15H17N3OS. The van der Waals surface area contributed by atoms with Gasteiger partial charge in [0.15, 0.2) is 5.11 Å². The molecular weight excluding hydrogens is 270 g/mol. The van der Waals surface area contributed by atoms with Crippen LogP contribution in [0.2, 0.25) is 0 Å². The molecule has 0 aromatic carbocycles. The van der Waals surface area contributed by atoms with E-state index in [1.165, 1.54) is 0 Å². The monoisotopic (exact) mass is 287 g/mol. The fourth-order valence-corrected chi connectivity index (χ4v) is 2.99. The third kappa shape index (κ3) is 2.29. The zero-order valence-electron chi connectivity index (χ0n) is 11.3. The molecule has 0 radical (unpaired) electrons. The van der Waals surface area contributed by atoms with Crippen LogP contribution in [0.25, 0.3) is 0 Å². The molecule has 3 rings (SSSR count). The highest BCUT2D eigenvalue weighted by atomic mass is 32.1. The van der Waals surface area contributed by atoms with E-state index in [4.69, 9.17) is 16.6 Å². The number of rotatable bonds is 4. The van der Waals surface area contributed by atoms with Gasteiger partial charge in [-0.3, -0.25) is 4.98 Å². The number of hydrogen-bond acceptors (Lipinski definition) is 3. The molecule has 1 fully saturated rings. The molecule has 20 heavy (non-hydrogen) atoms. The average molecular weight is 287 g/mol. The Labute approximate surface area is 123 Å². The predicted molar refractivity (Wildman–Crippen MR) is 81.2 cm³/mol. The second-order valence-electron chi connectivity index (χ2n) is 4.84. The van der Waals surface area contributed by atoms with E-state index in [0.29, 0.717) is 0 Å². The summed E-state index contributed by atoms with van der Waals surface area (Å²) in [5.74, 6) is 0.918. The molecule has 1 aliphatic heterocycles. The van der Waals surface area contributed by atoms with Gasteiger partial charge in [0, 0.05) is 12.7 Å². The summed E-state index contributed by atoms with van der Waals surface area (Å²) in [5, 5.41) is 4.15. The van der Waals surface area contributed by atoms with Crippen molar-refractivity contribution in [3.8, 4) is 0 Å². The van der Waals surface area contributed by atoms with Crippen LogP contribution in [0.1, 0.15) is 36.9 Å². The molecule has 0 aliphatic carbocycles. The first kappa shape index (κ1) is 13.1. The average Bonchev–Trinajstić information content (AvgIpc) is 3.09. The summed E-state index contributed by atoms with van der Waals surface area (Å²) in [5.41, 5.74) is 0.981. The normalized spacial score (nSPS) is 22.1. The van der Waals surface area contributed by atoms with Crippen molar-refractivity contribution in [2.75, 3.05) is 6.54 Å². The Kier molecular flexibility index (Phi) is 3.69. The first-order valence-corrected chi connectivity index (χ1v) is 7.23. The van der Waals surface area contributed by atoms with Crippen LogP contribution in [0.5, 0.6) is 0 Å². The van der Waals surface area contributed by atoms with Gasteiger partial charge in [-0.15, -0.1) is 0 Å². The second-order valence-corrected chi connectivity index (χ2v) is 5.22. The number of aromatic nitrogens is 1. The Hall–Kier alpha value is -1.88. The standard InChI is InChI=1S/C15H17N3OS/c1-2-9-18-14(12-7-5-10-19-12)13(17-15(18)20)11-6-3-4-8-16-11/h3-8,10,13-14H,2,9H2,1H3,(H,17,20)/t13-,14+/m1/s1. The van der Waals surface area contributed by atoms with Gasteiger partial charge in [-0.25, -0.2) is 0 Å². The number of hydrogen-bond donors (Lipinski definition) is 1. The van der Waals surface area contributed by atoms with E-state index < -0.39 is 0 Å². The first-order chi connectivity index (χ1) is 9.81. The Bertz CT molecular complexity index is 570. The van der Waals surface area contributed by atoms with E-state index in [9.17, 15) is 0 Å².